The van der Waals surface area contributed by atoms with Crippen molar-refractivity contribution >= 4 is 0 Å². The lowest BCUT2D eigenvalue weighted by Crippen LogP contribution is -2.12. The summed E-state index contributed by atoms with van der Waals surface area (Å²) in [7, 11) is 0. The molecule has 0 bridgehead atoms. The average molecular weight is 133 g/mol. The summed E-state index contributed by atoms with van der Waals surface area (Å²) in [4.78, 5) is 0. The van der Waals surface area contributed by atoms with Gasteiger partial charge >= 0.3 is 0 Å². The van der Waals surface area contributed by atoms with E-state index in [0.717, 1.165) is 6.54 Å². The van der Waals surface area contributed by atoms with E-state index in [1.165, 1.54) is 24.1 Å². The summed E-state index contributed by atoms with van der Waals surface area (Å²) in [6.45, 7) is 1.12. The Morgan fingerprint density at radius 2 is 2.40 bits per heavy atom. The summed E-state index contributed by atoms with van der Waals surface area (Å²) in [5, 5.41) is 3.37. The van der Waals surface area contributed by atoms with Crippen LogP contribution < -0.4 is 5.32 Å². The van der Waals surface area contributed by atoms with E-state index >= 15 is 0 Å². The Morgan fingerprint density at radius 3 is 3.40 bits per heavy atom. The van der Waals surface area contributed by atoms with E-state index in [-0.39, 0.29) is 0 Å². The highest BCUT2D eigenvalue weighted by Gasteiger charge is 2.07. The summed E-state index contributed by atoms with van der Waals surface area (Å²) >= 11 is 0. The molecular weight excluding hydrogens is 122 g/mol. The van der Waals surface area contributed by atoms with Gasteiger partial charge in [0.15, 0.2) is 0 Å². The highest BCUT2D eigenvalue weighted by atomic mass is 14.9. The van der Waals surface area contributed by atoms with Crippen LogP contribution in [0, 0.1) is 0 Å². The normalized spacial score (nSPS) is 22.4. The third-order valence-corrected chi connectivity index (χ3v) is 1.91. The molecule has 1 heterocycles. The Kier molecular flexibility index (Phi) is 1.35. The van der Waals surface area contributed by atoms with Crippen molar-refractivity contribution in [3.63, 3.8) is 0 Å². The molecule has 0 unspecified atom stereocenters. The predicted molar refractivity (Wildman–Crippen MR) is 42.5 cm³/mol. The van der Waals surface area contributed by atoms with Crippen LogP contribution in [0.25, 0.3) is 0 Å². The van der Waals surface area contributed by atoms with Crippen LogP contribution in [-0.2, 0) is 0 Å². The molecule has 2 rings (SSSR count). The lowest BCUT2D eigenvalue weighted by Gasteiger charge is -2.02. The lowest BCUT2D eigenvalue weighted by molar-refractivity contribution is 0.763. The minimum absolute atomic E-state index is 1.12. The van der Waals surface area contributed by atoms with Gasteiger partial charge in [-0.05, 0) is 24.5 Å². The van der Waals surface area contributed by atoms with E-state index in [4.69, 9.17) is 0 Å². The van der Waals surface area contributed by atoms with E-state index < -0.39 is 0 Å². The molecule has 0 amide bonds. The van der Waals surface area contributed by atoms with Crippen LogP contribution in [0.5, 0.6) is 0 Å². The Hall–Kier alpha value is -0.980. The third kappa shape index (κ3) is 0.878. The van der Waals surface area contributed by atoms with Gasteiger partial charge in [-0.25, -0.2) is 0 Å². The molecule has 0 atom stereocenters. The zero-order valence-electron chi connectivity index (χ0n) is 5.93. The van der Waals surface area contributed by atoms with Crippen LogP contribution in [0.15, 0.2) is 35.6 Å². The summed E-state index contributed by atoms with van der Waals surface area (Å²) in [5.74, 6) is 0. The fraction of sp³-hybridized carbons (Fsp3) is 0.333. The molecule has 0 saturated carbocycles. The monoisotopic (exact) mass is 133 g/mol. The van der Waals surface area contributed by atoms with E-state index in [1.54, 1.807) is 0 Å². The number of rotatable bonds is 0. The minimum atomic E-state index is 1.12. The van der Waals surface area contributed by atoms with Gasteiger partial charge in [-0.1, -0.05) is 18.2 Å². The Bertz CT molecular complexity index is 221. The fourth-order valence-corrected chi connectivity index (χ4v) is 1.36. The first-order valence-corrected chi connectivity index (χ1v) is 3.79. The van der Waals surface area contributed by atoms with E-state index in [0.29, 0.717) is 0 Å². The SMILES string of the molecule is C1=CC2=CCCCNC2=C1. The predicted octanol–water partition coefficient (Wildman–Crippen LogP) is 1.75. The standard InChI is InChI=1S/C9H11N/c1-2-7-10-9-6-3-5-8(9)4-1/h3-6,10H,1-2,7H2. The zero-order valence-corrected chi connectivity index (χ0v) is 5.93. The first-order chi connectivity index (χ1) is 4.97. The van der Waals surface area contributed by atoms with Gasteiger partial charge in [-0.2, -0.15) is 0 Å². The van der Waals surface area contributed by atoms with Crippen molar-refractivity contribution in [2.45, 2.75) is 12.8 Å². The van der Waals surface area contributed by atoms with Crippen molar-refractivity contribution in [1.29, 1.82) is 0 Å². The Morgan fingerprint density at radius 1 is 1.40 bits per heavy atom. The van der Waals surface area contributed by atoms with Gasteiger partial charge in [0.25, 0.3) is 0 Å². The quantitative estimate of drug-likeness (QED) is 0.531. The molecule has 1 aliphatic carbocycles. The van der Waals surface area contributed by atoms with Crippen molar-refractivity contribution in [2.24, 2.45) is 0 Å². The second-order valence-corrected chi connectivity index (χ2v) is 2.67. The maximum absolute atomic E-state index is 3.37. The lowest BCUT2D eigenvalue weighted by atomic mass is 10.2. The van der Waals surface area contributed by atoms with Crippen molar-refractivity contribution in [3.8, 4) is 0 Å². The van der Waals surface area contributed by atoms with Crippen LogP contribution >= 0.6 is 0 Å². The van der Waals surface area contributed by atoms with Crippen molar-refractivity contribution in [2.75, 3.05) is 6.54 Å². The topological polar surface area (TPSA) is 12.0 Å². The molecule has 1 aliphatic heterocycles. The molecule has 0 radical (unpaired) electrons. The Balaban J connectivity index is 2.28. The van der Waals surface area contributed by atoms with Gasteiger partial charge in [0.1, 0.15) is 0 Å². The summed E-state index contributed by atoms with van der Waals surface area (Å²) in [6.07, 6.45) is 11.2. The molecule has 0 fully saturated rings. The smallest absolute Gasteiger partial charge is 0.0410 e. The molecule has 0 aromatic rings. The molecule has 1 heteroatoms. The van der Waals surface area contributed by atoms with Gasteiger partial charge in [0, 0.05) is 12.2 Å². The molecule has 0 spiro atoms. The van der Waals surface area contributed by atoms with Crippen LogP contribution in [0.2, 0.25) is 0 Å². The maximum Gasteiger partial charge on any atom is 0.0410 e. The zero-order chi connectivity index (χ0) is 6.81. The largest absolute Gasteiger partial charge is 0.385 e. The molecule has 1 N–H and O–H groups in total. The first-order valence-electron chi connectivity index (χ1n) is 3.79. The third-order valence-electron chi connectivity index (χ3n) is 1.91. The van der Waals surface area contributed by atoms with Crippen LogP contribution in [-0.4, -0.2) is 6.54 Å². The Labute approximate surface area is 61.1 Å². The molecule has 0 aromatic heterocycles. The summed E-state index contributed by atoms with van der Waals surface area (Å²) < 4.78 is 0. The highest BCUT2D eigenvalue weighted by Crippen LogP contribution is 2.18. The maximum atomic E-state index is 3.37. The van der Waals surface area contributed by atoms with E-state index in [2.05, 4.69) is 29.6 Å². The molecule has 1 nitrogen and oxygen atoms in total. The molecule has 52 valence electrons. The molecule has 2 aliphatic rings. The molecule has 0 saturated heterocycles. The van der Waals surface area contributed by atoms with Gasteiger partial charge in [0.2, 0.25) is 0 Å². The van der Waals surface area contributed by atoms with Gasteiger partial charge in [0.05, 0.1) is 0 Å². The summed E-state index contributed by atoms with van der Waals surface area (Å²) in [5.41, 5.74) is 2.68. The number of allylic oxidation sites excluding steroid dienone is 4. The van der Waals surface area contributed by atoms with Crippen LogP contribution in [0.4, 0.5) is 0 Å². The van der Waals surface area contributed by atoms with Crippen LogP contribution in [0.3, 0.4) is 0 Å². The molecular formula is C9H11N. The second-order valence-electron chi connectivity index (χ2n) is 2.67. The van der Waals surface area contributed by atoms with Crippen molar-refractivity contribution in [3.05, 3.63) is 35.6 Å². The minimum Gasteiger partial charge on any atom is -0.385 e. The van der Waals surface area contributed by atoms with Gasteiger partial charge < -0.3 is 5.32 Å². The van der Waals surface area contributed by atoms with Crippen LogP contribution in [0.1, 0.15) is 12.8 Å². The number of hydrogen-bond acceptors (Lipinski definition) is 1. The number of nitrogens with one attached hydrogen (secondary N) is 1. The second kappa shape index (κ2) is 2.33. The van der Waals surface area contributed by atoms with E-state index in [1.807, 2.05) is 0 Å². The van der Waals surface area contributed by atoms with E-state index in [9.17, 15) is 0 Å². The van der Waals surface area contributed by atoms with Gasteiger partial charge in [-0.3, -0.25) is 0 Å². The number of fused-ring (bicyclic) bond motifs is 1. The summed E-state index contributed by atoms with van der Waals surface area (Å²) in [6, 6.07) is 0. The first kappa shape index (κ1) is 5.78. The highest BCUT2D eigenvalue weighted by molar-refractivity contribution is 5.47. The average Bonchev–Trinajstić information content (AvgIpc) is 2.28. The fourth-order valence-electron chi connectivity index (χ4n) is 1.36. The molecule has 10 heavy (non-hydrogen) atoms. The number of hydrogen-bond donors (Lipinski definition) is 1. The van der Waals surface area contributed by atoms with Crippen molar-refractivity contribution in [1.82, 2.24) is 5.32 Å². The van der Waals surface area contributed by atoms with Crippen molar-refractivity contribution < 1.29 is 0 Å². The molecule has 0 aromatic carbocycles. The van der Waals surface area contributed by atoms with Gasteiger partial charge in [-0.15, -0.1) is 0 Å².